The van der Waals surface area contributed by atoms with Gasteiger partial charge >= 0.3 is 0 Å². The summed E-state index contributed by atoms with van der Waals surface area (Å²) in [6, 6.07) is 10.4. The van der Waals surface area contributed by atoms with Crippen molar-refractivity contribution in [1.82, 2.24) is 24.8 Å². The smallest absolute Gasteiger partial charge is 0.180 e. The van der Waals surface area contributed by atoms with E-state index in [4.69, 9.17) is 26.6 Å². The monoisotopic (exact) mass is 524 g/mol. The zero-order chi connectivity index (χ0) is 25.7. The summed E-state index contributed by atoms with van der Waals surface area (Å²) >= 11 is 7.99. The minimum absolute atomic E-state index is 0.674. The van der Waals surface area contributed by atoms with Crippen LogP contribution in [0.1, 0.15) is 50.3 Å². The number of aromatic nitrogens is 4. The lowest BCUT2D eigenvalue weighted by atomic mass is 9.97. The summed E-state index contributed by atoms with van der Waals surface area (Å²) in [5, 5.41) is 3.92. The summed E-state index contributed by atoms with van der Waals surface area (Å²) < 4.78 is 0. The number of benzene rings is 1. The fraction of sp³-hybridized carbons (Fsp3) is 0.464. The van der Waals surface area contributed by atoms with E-state index in [1.54, 1.807) is 11.3 Å². The third-order valence-electron chi connectivity index (χ3n) is 6.45. The summed E-state index contributed by atoms with van der Waals surface area (Å²) in [4.78, 5) is 22.6. The van der Waals surface area contributed by atoms with Crippen LogP contribution in [0, 0.1) is 5.92 Å². The van der Waals surface area contributed by atoms with Crippen molar-refractivity contribution in [2.45, 2.75) is 47.0 Å². The average molecular weight is 525 g/mol. The van der Waals surface area contributed by atoms with Crippen LogP contribution in [0.4, 0.5) is 5.82 Å². The van der Waals surface area contributed by atoms with Crippen molar-refractivity contribution in [3.63, 3.8) is 0 Å². The van der Waals surface area contributed by atoms with Gasteiger partial charge in [0.2, 0.25) is 0 Å². The molecule has 1 saturated heterocycles. The van der Waals surface area contributed by atoms with Crippen molar-refractivity contribution in [2.75, 3.05) is 38.1 Å². The number of anilines is 1. The van der Waals surface area contributed by atoms with Crippen LogP contribution in [0.2, 0.25) is 5.02 Å². The molecule has 4 aromatic rings. The maximum atomic E-state index is 6.32. The molecule has 1 aromatic carbocycles. The van der Waals surface area contributed by atoms with Gasteiger partial charge in [-0.2, -0.15) is 0 Å². The fourth-order valence-electron chi connectivity index (χ4n) is 4.33. The van der Waals surface area contributed by atoms with E-state index in [2.05, 4.69) is 65.3 Å². The second-order valence-corrected chi connectivity index (χ2v) is 10.9. The second kappa shape index (κ2) is 12.2. The lowest BCUT2D eigenvalue weighted by Gasteiger charge is -2.33. The van der Waals surface area contributed by atoms with Gasteiger partial charge < -0.3 is 14.8 Å². The first kappa shape index (κ1) is 26.6. The molecule has 0 aliphatic carbocycles. The van der Waals surface area contributed by atoms with Crippen molar-refractivity contribution in [3.8, 4) is 11.5 Å². The molecule has 8 heteroatoms. The molecule has 6 nitrogen and oxygen atoms in total. The third-order valence-corrected chi connectivity index (χ3v) is 7.54. The van der Waals surface area contributed by atoms with Crippen molar-refractivity contribution >= 4 is 39.9 Å². The van der Waals surface area contributed by atoms with Crippen molar-refractivity contribution < 1.29 is 0 Å². The lowest BCUT2D eigenvalue weighted by molar-refractivity contribution is 0.312. The average Bonchev–Trinajstić information content (AvgIpc) is 3.51. The normalized spacial score (nSPS) is 14.4. The van der Waals surface area contributed by atoms with E-state index in [1.165, 1.54) is 17.5 Å². The Kier molecular flexibility index (Phi) is 8.99. The first-order valence-electron chi connectivity index (χ1n) is 13.0. The Balaban J connectivity index is 0.00000148. The number of aryl methyl sites for hydroxylation is 1. The number of piperazine rings is 1. The van der Waals surface area contributed by atoms with Gasteiger partial charge in [0.05, 0.1) is 10.5 Å². The van der Waals surface area contributed by atoms with Gasteiger partial charge in [-0.15, -0.1) is 11.3 Å². The Bertz CT molecular complexity index is 1270. The number of aromatic amines is 1. The number of likely N-dealkylation sites (N-methyl/N-ethyl adjacent to an activating group) is 1. The maximum absolute atomic E-state index is 6.32. The molecule has 0 amide bonds. The Morgan fingerprint density at radius 2 is 1.78 bits per heavy atom. The molecule has 1 aliphatic heterocycles. The summed E-state index contributed by atoms with van der Waals surface area (Å²) in [6.45, 7) is 12.6. The standard InChI is InChI=1S/C26H31ClN6S.C2H6/c1-17(2)4-5-18-6-7-20(27)14-19(18)15-24-28-22(16-34-24)26-29-21-8-9-23(30-25(21)31-26)33-12-10-32(3)11-13-33;1-2/h6-9,14,16-17H,4-5,10-13,15H2,1-3H3,(H,29,30,31);1-2H3. The molecule has 0 unspecified atom stereocenters. The van der Waals surface area contributed by atoms with E-state index < -0.39 is 0 Å². The van der Waals surface area contributed by atoms with E-state index in [1.807, 2.05) is 19.9 Å². The van der Waals surface area contributed by atoms with Gasteiger partial charge in [0.25, 0.3) is 0 Å². The Labute approximate surface area is 223 Å². The van der Waals surface area contributed by atoms with Crippen LogP contribution in [0.3, 0.4) is 0 Å². The molecule has 36 heavy (non-hydrogen) atoms. The van der Waals surface area contributed by atoms with Gasteiger partial charge in [-0.3, -0.25) is 0 Å². The highest BCUT2D eigenvalue weighted by molar-refractivity contribution is 7.10. The van der Waals surface area contributed by atoms with Crippen LogP contribution in [-0.4, -0.2) is 58.1 Å². The number of nitrogens with one attached hydrogen (secondary N) is 1. The maximum Gasteiger partial charge on any atom is 0.180 e. The molecule has 1 fully saturated rings. The number of imidazole rings is 1. The molecule has 4 heterocycles. The molecule has 1 N–H and O–H groups in total. The molecular weight excluding hydrogens is 488 g/mol. The second-order valence-electron chi connectivity index (χ2n) is 9.57. The molecule has 5 rings (SSSR count). The largest absolute Gasteiger partial charge is 0.354 e. The van der Waals surface area contributed by atoms with Crippen LogP contribution in [0.25, 0.3) is 22.7 Å². The van der Waals surface area contributed by atoms with Crippen molar-refractivity contribution in [2.24, 2.45) is 5.92 Å². The van der Waals surface area contributed by atoms with Crippen LogP contribution < -0.4 is 4.90 Å². The molecule has 0 radical (unpaired) electrons. The van der Waals surface area contributed by atoms with E-state index in [9.17, 15) is 0 Å². The molecule has 0 bridgehead atoms. The number of hydrogen-bond acceptors (Lipinski definition) is 6. The van der Waals surface area contributed by atoms with E-state index in [-0.39, 0.29) is 0 Å². The molecule has 0 saturated carbocycles. The minimum Gasteiger partial charge on any atom is -0.354 e. The predicted octanol–water partition coefficient (Wildman–Crippen LogP) is 6.69. The zero-order valence-corrected chi connectivity index (χ0v) is 23.6. The first-order valence-corrected chi connectivity index (χ1v) is 14.2. The molecule has 3 aromatic heterocycles. The Hall–Kier alpha value is -2.48. The molecular formula is C28H37ClN6S. The molecule has 1 aliphatic rings. The zero-order valence-electron chi connectivity index (χ0n) is 22.0. The first-order chi connectivity index (χ1) is 17.4. The van der Waals surface area contributed by atoms with Crippen LogP contribution in [0.15, 0.2) is 35.7 Å². The number of halogens is 1. The van der Waals surface area contributed by atoms with Gasteiger partial charge in [-0.25, -0.2) is 15.0 Å². The van der Waals surface area contributed by atoms with Crippen LogP contribution in [-0.2, 0) is 12.8 Å². The number of H-pyrrole nitrogens is 1. The SMILES string of the molecule is CC.CC(C)CCc1ccc(Cl)cc1Cc1nc(-c2nc3nc(N4CCN(C)CC4)ccc3[nH]2)cs1. The van der Waals surface area contributed by atoms with Gasteiger partial charge in [-0.1, -0.05) is 45.4 Å². The lowest BCUT2D eigenvalue weighted by Crippen LogP contribution is -2.44. The van der Waals surface area contributed by atoms with Gasteiger partial charge in [-0.05, 0) is 61.2 Å². The predicted molar refractivity (Wildman–Crippen MR) is 153 cm³/mol. The van der Waals surface area contributed by atoms with E-state index in [0.717, 1.165) is 77.6 Å². The Morgan fingerprint density at radius 3 is 2.53 bits per heavy atom. The molecule has 0 atom stereocenters. The highest BCUT2D eigenvalue weighted by atomic mass is 35.5. The number of nitrogens with zero attached hydrogens (tertiary/aromatic N) is 5. The summed E-state index contributed by atoms with van der Waals surface area (Å²) in [5.74, 6) is 2.44. The van der Waals surface area contributed by atoms with Crippen LogP contribution in [0.5, 0.6) is 0 Å². The fourth-order valence-corrected chi connectivity index (χ4v) is 5.32. The number of hydrogen-bond donors (Lipinski definition) is 1. The van der Waals surface area contributed by atoms with Gasteiger partial charge in [0.1, 0.15) is 11.5 Å². The van der Waals surface area contributed by atoms with E-state index in [0.29, 0.717) is 5.92 Å². The topological polar surface area (TPSA) is 60.9 Å². The van der Waals surface area contributed by atoms with Crippen molar-refractivity contribution in [3.05, 3.63) is 56.9 Å². The van der Waals surface area contributed by atoms with Crippen molar-refractivity contribution in [1.29, 1.82) is 0 Å². The summed E-state index contributed by atoms with van der Waals surface area (Å²) in [6.07, 6.45) is 3.01. The number of fused-ring (bicyclic) bond motifs is 1. The summed E-state index contributed by atoms with van der Waals surface area (Å²) in [5.41, 5.74) is 5.17. The van der Waals surface area contributed by atoms with Gasteiger partial charge in [0.15, 0.2) is 11.5 Å². The number of rotatable bonds is 7. The molecule has 192 valence electrons. The summed E-state index contributed by atoms with van der Waals surface area (Å²) in [7, 11) is 2.16. The number of thiazole rings is 1. The molecule has 0 spiro atoms. The number of pyridine rings is 1. The highest BCUT2D eigenvalue weighted by Crippen LogP contribution is 2.27. The third kappa shape index (κ3) is 6.44. The quantitative estimate of drug-likeness (QED) is 0.292. The Morgan fingerprint density at radius 1 is 1.00 bits per heavy atom. The van der Waals surface area contributed by atoms with E-state index >= 15 is 0 Å². The minimum atomic E-state index is 0.674. The van der Waals surface area contributed by atoms with Crippen LogP contribution >= 0.6 is 22.9 Å². The van der Waals surface area contributed by atoms with Gasteiger partial charge in [0, 0.05) is 43.0 Å². The highest BCUT2D eigenvalue weighted by Gasteiger charge is 2.17.